The molecule has 3 nitrogen and oxygen atoms in total. The van der Waals surface area contributed by atoms with Crippen LogP contribution in [0.5, 0.6) is 0 Å². The van der Waals surface area contributed by atoms with E-state index >= 15 is 0 Å². The van der Waals surface area contributed by atoms with Crippen LogP contribution >= 0.6 is 34.8 Å². The zero-order chi connectivity index (χ0) is 11.5. The lowest BCUT2D eigenvalue weighted by atomic mass is 10.3. The quantitative estimate of drug-likeness (QED) is 0.835. The third kappa shape index (κ3) is 2.76. The van der Waals surface area contributed by atoms with Crippen LogP contribution in [0.1, 0.15) is 0 Å². The number of hydrogen-bond acceptors (Lipinski definition) is 3. The standard InChI is InChI=1S/C10H6Cl3N3/c11-6-1-2-8(7(12)5-6)15-9-3-4-14-10(13)16-9/h1-5H,(H,14,15,16). The van der Waals surface area contributed by atoms with Gasteiger partial charge in [0.25, 0.3) is 0 Å². The summed E-state index contributed by atoms with van der Waals surface area (Å²) in [6.45, 7) is 0. The number of anilines is 2. The van der Waals surface area contributed by atoms with E-state index < -0.39 is 0 Å². The van der Waals surface area contributed by atoms with Crippen LogP contribution in [-0.2, 0) is 0 Å². The molecule has 0 aliphatic heterocycles. The highest BCUT2D eigenvalue weighted by Crippen LogP contribution is 2.27. The van der Waals surface area contributed by atoms with Gasteiger partial charge in [-0.2, -0.15) is 0 Å². The summed E-state index contributed by atoms with van der Waals surface area (Å²) >= 11 is 17.4. The first-order valence-corrected chi connectivity index (χ1v) is 5.49. The Labute approximate surface area is 107 Å². The van der Waals surface area contributed by atoms with Crippen LogP contribution in [0.3, 0.4) is 0 Å². The van der Waals surface area contributed by atoms with Gasteiger partial charge in [0.1, 0.15) is 5.82 Å². The zero-order valence-electron chi connectivity index (χ0n) is 7.92. The number of nitrogens with zero attached hydrogens (tertiary/aromatic N) is 2. The number of halogens is 3. The van der Waals surface area contributed by atoms with E-state index in [-0.39, 0.29) is 5.28 Å². The van der Waals surface area contributed by atoms with E-state index in [4.69, 9.17) is 34.8 Å². The minimum atomic E-state index is 0.176. The molecule has 0 amide bonds. The molecule has 0 atom stereocenters. The third-order valence-electron chi connectivity index (χ3n) is 1.82. The van der Waals surface area contributed by atoms with E-state index in [1.807, 2.05) is 0 Å². The molecule has 0 aliphatic carbocycles. The van der Waals surface area contributed by atoms with Crippen LogP contribution in [0.15, 0.2) is 30.5 Å². The number of benzene rings is 1. The van der Waals surface area contributed by atoms with E-state index in [0.29, 0.717) is 21.6 Å². The Morgan fingerprint density at radius 3 is 2.56 bits per heavy atom. The molecule has 0 spiro atoms. The molecule has 16 heavy (non-hydrogen) atoms. The highest BCUT2D eigenvalue weighted by atomic mass is 35.5. The summed E-state index contributed by atoms with van der Waals surface area (Å²) in [6, 6.07) is 6.84. The van der Waals surface area contributed by atoms with E-state index in [0.717, 1.165) is 0 Å². The first-order valence-electron chi connectivity index (χ1n) is 4.36. The van der Waals surface area contributed by atoms with Crippen molar-refractivity contribution in [1.82, 2.24) is 9.97 Å². The van der Waals surface area contributed by atoms with Crippen LogP contribution in [0.2, 0.25) is 15.3 Å². The number of hydrogen-bond donors (Lipinski definition) is 1. The summed E-state index contributed by atoms with van der Waals surface area (Å²) in [5, 5.41) is 4.29. The van der Waals surface area contributed by atoms with Crippen LogP contribution in [0, 0.1) is 0 Å². The van der Waals surface area contributed by atoms with Crippen molar-refractivity contribution in [3.63, 3.8) is 0 Å². The maximum absolute atomic E-state index is 6.00. The Balaban J connectivity index is 2.27. The number of aromatic nitrogens is 2. The van der Waals surface area contributed by atoms with Crippen molar-refractivity contribution >= 4 is 46.3 Å². The van der Waals surface area contributed by atoms with Gasteiger partial charge in [-0.05, 0) is 35.9 Å². The molecule has 2 rings (SSSR count). The Morgan fingerprint density at radius 1 is 1.06 bits per heavy atom. The molecule has 2 aromatic rings. The van der Waals surface area contributed by atoms with Crippen molar-refractivity contribution in [1.29, 1.82) is 0 Å². The summed E-state index contributed by atoms with van der Waals surface area (Å²) in [5.41, 5.74) is 0.709. The summed E-state index contributed by atoms with van der Waals surface area (Å²) < 4.78 is 0. The highest BCUT2D eigenvalue weighted by Gasteiger charge is 2.02. The molecular formula is C10H6Cl3N3. The normalized spacial score (nSPS) is 10.2. The monoisotopic (exact) mass is 273 g/mol. The second-order valence-corrected chi connectivity index (χ2v) is 4.14. The Bertz CT molecular complexity index is 516. The van der Waals surface area contributed by atoms with Gasteiger partial charge in [0.05, 0.1) is 10.7 Å². The second kappa shape index (κ2) is 4.87. The first-order chi connectivity index (χ1) is 7.65. The predicted octanol–water partition coefficient (Wildman–Crippen LogP) is 4.18. The van der Waals surface area contributed by atoms with E-state index in [2.05, 4.69) is 15.3 Å². The minimum Gasteiger partial charge on any atom is -0.339 e. The molecular weight excluding hydrogens is 268 g/mol. The zero-order valence-corrected chi connectivity index (χ0v) is 10.2. The average Bonchev–Trinajstić information content (AvgIpc) is 2.22. The van der Waals surface area contributed by atoms with Crippen molar-refractivity contribution in [2.24, 2.45) is 0 Å². The van der Waals surface area contributed by atoms with Crippen LogP contribution in [0.25, 0.3) is 0 Å². The fourth-order valence-electron chi connectivity index (χ4n) is 1.13. The van der Waals surface area contributed by atoms with Crippen molar-refractivity contribution in [3.05, 3.63) is 45.8 Å². The highest BCUT2D eigenvalue weighted by molar-refractivity contribution is 6.36. The molecule has 6 heteroatoms. The molecule has 1 heterocycles. The van der Waals surface area contributed by atoms with Gasteiger partial charge >= 0.3 is 0 Å². The maximum Gasteiger partial charge on any atom is 0.224 e. The third-order valence-corrected chi connectivity index (χ3v) is 2.55. The van der Waals surface area contributed by atoms with Crippen molar-refractivity contribution in [2.45, 2.75) is 0 Å². The van der Waals surface area contributed by atoms with Crippen LogP contribution < -0.4 is 5.32 Å². The van der Waals surface area contributed by atoms with Gasteiger partial charge in [-0.3, -0.25) is 0 Å². The van der Waals surface area contributed by atoms with Crippen LogP contribution in [0.4, 0.5) is 11.5 Å². The molecule has 1 N–H and O–H groups in total. The Hall–Kier alpha value is -1.03. The molecule has 0 aliphatic rings. The van der Waals surface area contributed by atoms with Crippen LogP contribution in [-0.4, -0.2) is 9.97 Å². The van der Waals surface area contributed by atoms with Gasteiger partial charge in [0.2, 0.25) is 5.28 Å². The summed E-state index contributed by atoms with van der Waals surface area (Å²) in [4.78, 5) is 7.76. The summed E-state index contributed by atoms with van der Waals surface area (Å²) in [6.07, 6.45) is 1.56. The second-order valence-electron chi connectivity index (χ2n) is 2.96. The Kier molecular flexibility index (Phi) is 3.49. The first kappa shape index (κ1) is 11.5. The maximum atomic E-state index is 6.00. The van der Waals surface area contributed by atoms with Gasteiger partial charge in [-0.1, -0.05) is 23.2 Å². The van der Waals surface area contributed by atoms with E-state index in [9.17, 15) is 0 Å². The molecule has 1 aromatic carbocycles. The van der Waals surface area contributed by atoms with Crippen molar-refractivity contribution < 1.29 is 0 Å². The molecule has 0 unspecified atom stereocenters. The molecule has 82 valence electrons. The lowest BCUT2D eigenvalue weighted by molar-refractivity contribution is 1.17. The molecule has 0 saturated heterocycles. The molecule has 0 radical (unpaired) electrons. The Morgan fingerprint density at radius 2 is 1.88 bits per heavy atom. The van der Waals surface area contributed by atoms with Gasteiger partial charge in [-0.25, -0.2) is 9.97 Å². The van der Waals surface area contributed by atoms with E-state index in [1.165, 1.54) is 0 Å². The lowest BCUT2D eigenvalue weighted by Crippen LogP contribution is -1.95. The fourth-order valence-corrected chi connectivity index (χ4v) is 1.74. The predicted molar refractivity (Wildman–Crippen MR) is 66.8 cm³/mol. The molecule has 0 bridgehead atoms. The van der Waals surface area contributed by atoms with E-state index in [1.54, 1.807) is 30.5 Å². The minimum absolute atomic E-state index is 0.176. The SMILES string of the molecule is Clc1ccc(Nc2ccnc(Cl)n2)c(Cl)c1. The van der Waals surface area contributed by atoms with Gasteiger partial charge in [0, 0.05) is 11.2 Å². The summed E-state index contributed by atoms with van der Waals surface area (Å²) in [7, 11) is 0. The molecule has 0 saturated carbocycles. The van der Waals surface area contributed by atoms with Gasteiger partial charge < -0.3 is 5.32 Å². The van der Waals surface area contributed by atoms with Gasteiger partial charge in [0.15, 0.2) is 0 Å². The molecule has 0 fully saturated rings. The smallest absolute Gasteiger partial charge is 0.224 e. The lowest BCUT2D eigenvalue weighted by Gasteiger charge is -2.07. The molecule has 1 aromatic heterocycles. The van der Waals surface area contributed by atoms with Crippen molar-refractivity contribution in [3.8, 4) is 0 Å². The van der Waals surface area contributed by atoms with Crippen molar-refractivity contribution in [2.75, 3.05) is 5.32 Å². The van der Waals surface area contributed by atoms with Gasteiger partial charge in [-0.15, -0.1) is 0 Å². The summed E-state index contributed by atoms with van der Waals surface area (Å²) in [5.74, 6) is 0.573. The largest absolute Gasteiger partial charge is 0.339 e. The topological polar surface area (TPSA) is 37.8 Å². The fraction of sp³-hybridized carbons (Fsp3) is 0. The average molecular weight is 275 g/mol. The number of nitrogens with one attached hydrogen (secondary N) is 1. The number of rotatable bonds is 2.